The van der Waals surface area contributed by atoms with Crippen LogP contribution >= 0.6 is 11.6 Å². The van der Waals surface area contributed by atoms with Gasteiger partial charge in [-0.05, 0) is 68.4 Å². The molecule has 0 saturated heterocycles. The zero-order valence-corrected chi connectivity index (χ0v) is 21.7. The van der Waals surface area contributed by atoms with E-state index >= 15 is 0 Å². The largest absolute Gasteiger partial charge is 0.384 e. The van der Waals surface area contributed by atoms with E-state index in [9.17, 15) is 9.50 Å². The molecule has 3 heterocycles. The van der Waals surface area contributed by atoms with Crippen molar-refractivity contribution in [3.8, 4) is 22.5 Å². The smallest absolute Gasteiger partial charge is 0.146 e. The van der Waals surface area contributed by atoms with E-state index in [1.54, 1.807) is 44.3 Å². The van der Waals surface area contributed by atoms with E-state index in [0.717, 1.165) is 10.9 Å². The number of aromatic nitrogens is 4. The van der Waals surface area contributed by atoms with Gasteiger partial charge in [-0.2, -0.15) is 0 Å². The molecular formula is C29H26ClFN6O. The first kappa shape index (κ1) is 25.5. The summed E-state index contributed by atoms with van der Waals surface area (Å²) in [5, 5.41) is 14.9. The third-order valence-electron chi connectivity index (χ3n) is 6.09. The molecule has 4 N–H and O–H groups in total. The van der Waals surface area contributed by atoms with Crippen LogP contribution in [0.2, 0.25) is 5.02 Å². The summed E-state index contributed by atoms with van der Waals surface area (Å²) in [6, 6.07) is 19.0. The number of hydrogen-bond donors (Lipinski definition) is 3. The second-order valence-corrected chi connectivity index (χ2v) is 9.84. The summed E-state index contributed by atoms with van der Waals surface area (Å²) in [5.74, 6) is 0.566. The maximum Gasteiger partial charge on any atom is 0.146 e. The highest BCUT2D eigenvalue weighted by Crippen LogP contribution is 2.35. The van der Waals surface area contributed by atoms with Crippen LogP contribution in [0, 0.1) is 5.82 Å². The number of aliphatic hydroxyl groups is 1. The molecular weight excluding hydrogens is 503 g/mol. The molecule has 2 aromatic carbocycles. The zero-order chi connectivity index (χ0) is 26.9. The van der Waals surface area contributed by atoms with Crippen LogP contribution in [0.3, 0.4) is 0 Å². The van der Waals surface area contributed by atoms with Crippen LogP contribution in [0.5, 0.6) is 0 Å². The van der Waals surface area contributed by atoms with E-state index in [1.165, 1.54) is 12.1 Å². The topological polar surface area (TPSA) is 110 Å². The molecule has 38 heavy (non-hydrogen) atoms. The first-order chi connectivity index (χ1) is 18.2. The standard InChI is InChI=1S/C29H26ClFN6O/c1-29(2,38)23-6-3-7-24(36-23)33-14-12-22-28(32)37-26(17-8-10-20(31)11-9-17)27(35-22)19-15-18-5-4-13-34-25(18)21(30)16-19/h3-11,13,15-16,38H,12,14H2,1-2H3,(H2,32,37)(H,33,36). The Hall–Kier alpha value is -4.14. The molecule has 0 aliphatic rings. The Labute approximate surface area is 224 Å². The van der Waals surface area contributed by atoms with Crippen LogP contribution < -0.4 is 11.1 Å². The number of pyridine rings is 2. The van der Waals surface area contributed by atoms with Gasteiger partial charge in [-0.3, -0.25) is 4.98 Å². The molecule has 5 aromatic rings. The van der Waals surface area contributed by atoms with Crippen LogP contribution in [0.4, 0.5) is 16.0 Å². The number of hydrogen-bond acceptors (Lipinski definition) is 7. The molecule has 0 atom stereocenters. The lowest BCUT2D eigenvalue weighted by Crippen LogP contribution is -2.18. The van der Waals surface area contributed by atoms with Gasteiger partial charge < -0.3 is 16.2 Å². The first-order valence-electron chi connectivity index (χ1n) is 12.1. The maximum absolute atomic E-state index is 13.7. The summed E-state index contributed by atoms with van der Waals surface area (Å²) in [5.41, 5.74) is 9.69. The molecule has 3 aromatic heterocycles. The van der Waals surface area contributed by atoms with Crippen LogP contribution in [0.25, 0.3) is 33.4 Å². The van der Waals surface area contributed by atoms with Crippen molar-refractivity contribution in [1.82, 2.24) is 19.9 Å². The molecule has 0 saturated carbocycles. The van der Waals surface area contributed by atoms with Gasteiger partial charge in [0.05, 0.1) is 33.3 Å². The van der Waals surface area contributed by atoms with Crippen molar-refractivity contribution in [3.05, 3.63) is 95.2 Å². The molecule has 0 bridgehead atoms. The minimum Gasteiger partial charge on any atom is -0.384 e. The van der Waals surface area contributed by atoms with Crippen molar-refractivity contribution >= 4 is 34.1 Å². The Morgan fingerprint density at radius 3 is 2.47 bits per heavy atom. The number of rotatable bonds is 7. The normalized spacial score (nSPS) is 11.6. The number of nitrogens with zero attached hydrogens (tertiary/aromatic N) is 4. The van der Waals surface area contributed by atoms with Crippen LogP contribution in [-0.4, -0.2) is 31.6 Å². The number of benzene rings is 2. The Balaban J connectivity index is 1.51. The number of nitrogens with one attached hydrogen (secondary N) is 1. The molecule has 5 rings (SSSR count). The summed E-state index contributed by atoms with van der Waals surface area (Å²) >= 11 is 6.58. The number of anilines is 2. The van der Waals surface area contributed by atoms with Gasteiger partial charge in [0.25, 0.3) is 0 Å². The number of halogens is 2. The fraction of sp³-hybridized carbons (Fsp3) is 0.172. The lowest BCUT2D eigenvalue weighted by atomic mass is 10.0. The Kier molecular flexibility index (Phi) is 6.93. The molecule has 0 aliphatic heterocycles. The van der Waals surface area contributed by atoms with Gasteiger partial charge in [0.1, 0.15) is 23.1 Å². The second kappa shape index (κ2) is 10.3. The number of nitrogen functional groups attached to an aromatic ring is 1. The van der Waals surface area contributed by atoms with Gasteiger partial charge in [0.2, 0.25) is 0 Å². The van der Waals surface area contributed by atoms with Crippen molar-refractivity contribution in [1.29, 1.82) is 0 Å². The molecule has 0 fully saturated rings. The highest BCUT2D eigenvalue weighted by molar-refractivity contribution is 6.35. The van der Waals surface area contributed by atoms with Gasteiger partial charge in [0.15, 0.2) is 0 Å². The molecule has 0 unspecified atom stereocenters. The van der Waals surface area contributed by atoms with E-state index in [4.69, 9.17) is 22.3 Å². The Morgan fingerprint density at radius 1 is 0.947 bits per heavy atom. The average molecular weight is 529 g/mol. The quantitative estimate of drug-likeness (QED) is 0.237. The monoisotopic (exact) mass is 528 g/mol. The molecule has 0 spiro atoms. The van der Waals surface area contributed by atoms with Gasteiger partial charge in [0, 0.05) is 35.7 Å². The van der Waals surface area contributed by atoms with E-state index < -0.39 is 5.60 Å². The van der Waals surface area contributed by atoms with Crippen LogP contribution in [-0.2, 0) is 12.0 Å². The highest BCUT2D eigenvalue weighted by Gasteiger charge is 2.19. The summed E-state index contributed by atoms with van der Waals surface area (Å²) in [4.78, 5) is 18.5. The lowest BCUT2D eigenvalue weighted by molar-refractivity contribution is 0.0740. The second-order valence-electron chi connectivity index (χ2n) is 9.44. The highest BCUT2D eigenvalue weighted by atomic mass is 35.5. The van der Waals surface area contributed by atoms with Crippen molar-refractivity contribution in [3.63, 3.8) is 0 Å². The predicted octanol–water partition coefficient (Wildman–Crippen LogP) is 6.01. The summed E-state index contributed by atoms with van der Waals surface area (Å²) in [7, 11) is 0. The predicted molar refractivity (Wildman–Crippen MR) is 149 cm³/mol. The van der Waals surface area contributed by atoms with Crippen molar-refractivity contribution < 1.29 is 9.50 Å². The fourth-order valence-electron chi connectivity index (χ4n) is 4.14. The number of fused-ring (bicyclic) bond motifs is 1. The van der Waals surface area contributed by atoms with E-state index in [2.05, 4.69) is 20.3 Å². The summed E-state index contributed by atoms with van der Waals surface area (Å²) in [6.45, 7) is 3.86. The average Bonchev–Trinajstić information content (AvgIpc) is 2.89. The summed E-state index contributed by atoms with van der Waals surface area (Å²) in [6.07, 6.45) is 2.16. The Morgan fingerprint density at radius 2 is 1.71 bits per heavy atom. The molecule has 0 radical (unpaired) electrons. The molecule has 9 heteroatoms. The third kappa shape index (κ3) is 5.41. The van der Waals surface area contributed by atoms with Gasteiger partial charge in [-0.15, -0.1) is 0 Å². The van der Waals surface area contributed by atoms with E-state index in [1.807, 2.05) is 30.3 Å². The molecule has 7 nitrogen and oxygen atoms in total. The van der Waals surface area contributed by atoms with E-state index in [0.29, 0.717) is 57.7 Å². The van der Waals surface area contributed by atoms with Crippen molar-refractivity contribution in [2.75, 3.05) is 17.6 Å². The zero-order valence-electron chi connectivity index (χ0n) is 20.9. The maximum atomic E-state index is 13.7. The fourth-order valence-corrected chi connectivity index (χ4v) is 4.42. The van der Waals surface area contributed by atoms with Crippen molar-refractivity contribution in [2.24, 2.45) is 0 Å². The molecule has 0 amide bonds. The third-order valence-corrected chi connectivity index (χ3v) is 6.38. The van der Waals surface area contributed by atoms with Crippen LogP contribution in [0.15, 0.2) is 72.9 Å². The van der Waals surface area contributed by atoms with E-state index in [-0.39, 0.29) is 11.6 Å². The minimum atomic E-state index is -1.05. The van der Waals surface area contributed by atoms with Crippen LogP contribution in [0.1, 0.15) is 25.2 Å². The molecule has 0 aliphatic carbocycles. The van der Waals surface area contributed by atoms with Crippen molar-refractivity contribution in [2.45, 2.75) is 25.9 Å². The Bertz CT molecular complexity index is 1620. The SMILES string of the molecule is CC(C)(O)c1cccc(NCCc2nc(-c3cc(Cl)c4ncccc4c3)c(-c3ccc(F)cc3)nc2N)n1. The summed E-state index contributed by atoms with van der Waals surface area (Å²) < 4.78 is 13.7. The van der Waals surface area contributed by atoms with Gasteiger partial charge in [-0.1, -0.05) is 23.7 Å². The lowest BCUT2D eigenvalue weighted by Gasteiger charge is -2.17. The van der Waals surface area contributed by atoms with Gasteiger partial charge in [-0.25, -0.2) is 19.3 Å². The first-order valence-corrected chi connectivity index (χ1v) is 12.5. The number of nitrogens with two attached hydrogens (primary N) is 1. The molecule has 192 valence electrons. The van der Waals surface area contributed by atoms with Gasteiger partial charge >= 0.3 is 0 Å². The minimum absolute atomic E-state index is 0.279.